The van der Waals surface area contributed by atoms with Gasteiger partial charge in [-0.1, -0.05) is 12.5 Å². The topological polar surface area (TPSA) is 38.0 Å². The molecule has 1 fully saturated rings. The van der Waals surface area contributed by atoms with Gasteiger partial charge in [-0.15, -0.1) is 11.3 Å². The summed E-state index contributed by atoms with van der Waals surface area (Å²) in [7, 11) is 0. The summed E-state index contributed by atoms with van der Waals surface area (Å²) in [6.07, 6.45) is 3.71. The van der Waals surface area contributed by atoms with Crippen molar-refractivity contribution < 1.29 is 0 Å². The zero-order valence-electron chi connectivity index (χ0n) is 7.70. The molecule has 1 heterocycles. The van der Waals surface area contributed by atoms with Crippen LogP contribution < -0.4 is 11.1 Å². The Morgan fingerprint density at radius 1 is 1.54 bits per heavy atom. The maximum Gasteiger partial charge on any atom is 0.0302 e. The smallest absolute Gasteiger partial charge is 0.0302 e. The van der Waals surface area contributed by atoms with Crippen LogP contribution in [0.5, 0.6) is 0 Å². The molecule has 1 aliphatic carbocycles. The first kappa shape index (κ1) is 9.19. The van der Waals surface area contributed by atoms with Gasteiger partial charge < -0.3 is 11.1 Å². The Kier molecular flexibility index (Phi) is 2.98. The van der Waals surface area contributed by atoms with Crippen molar-refractivity contribution in [1.82, 2.24) is 5.32 Å². The summed E-state index contributed by atoms with van der Waals surface area (Å²) < 4.78 is 0. The van der Waals surface area contributed by atoms with Crippen molar-refractivity contribution in [1.29, 1.82) is 0 Å². The second kappa shape index (κ2) is 4.22. The van der Waals surface area contributed by atoms with E-state index in [0.717, 1.165) is 6.54 Å². The van der Waals surface area contributed by atoms with Crippen LogP contribution in [0.25, 0.3) is 0 Å². The molecule has 2 atom stereocenters. The van der Waals surface area contributed by atoms with Crippen molar-refractivity contribution in [3.8, 4) is 0 Å². The molecule has 72 valence electrons. The highest BCUT2D eigenvalue weighted by molar-refractivity contribution is 7.09. The molecule has 2 nitrogen and oxygen atoms in total. The summed E-state index contributed by atoms with van der Waals surface area (Å²) in [5.41, 5.74) is 5.96. The van der Waals surface area contributed by atoms with E-state index < -0.39 is 0 Å². The Hall–Kier alpha value is -0.380. The third-order valence-electron chi connectivity index (χ3n) is 2.69. The van der Waals surface area contributed by atoms with Gasteiger partial charge in [0.05, 0.1) is 0 Å². The van der Waals surface area contributed by atoms with Crippen LogP contribution in [-0.4, -0.2) is 12.1 Å². The molecule has 13 heavy (non-hydrogen) atoms. The Morgan fingerprint density at radius 2 is 2.46 bits per heavy atom. The van der Waals surface area contributed by atoms with Gasteiger partial charge in [0.25, 0.3) is 0 Å². The molecule has 0 spiro atoms. The summed E-state index contributed by atoms with van der Waals surface area (Å²) in [6, 6.07) is 5.18. The number of hydrogen-bond donors (Lipinski definition) is 2. The van der Waals surface area contributed by atoms with Gasteiger partial charge in [0.15, 0.2) is 0 Å². The third kappa shape index (κ3) is 2.30. The summed E-state index contributed by atoms with van der Waals surface area (Å²) in [6.45, 7) is 0.982. The molecule has 0 saturated heterocycles. The second-order valence-corrected chi connectivity index (χ2v) is 4.69. The molecule has 3 N–H and O–H groups in total. The quantitative estimate of drug-likeness (QED) is 0.772. The van der Waals surface area contributed by atoms with E-state index in [9.17, 15) is 0 Å². The van der Waals surface area contributed by atoms with Crippen LogP contribution in [0.2, 0.25) is 0 Å². The molecule has 0 aliphatic heterocycles. The fourth-order valence-corrected chi connectivity index (χ4v) is 2.54. The van der Waals surface area contributed by atoms with Crippen LogP contribution in [0.1, 0.15) is 24.1 Å². The van der Waals surface area contributed by atoms with E-state index in [4.69, 9.17) is 5.73 Å². The average Bonchev–Trinajstić information content (AvgIpc) is 2.72. The predicted octanol–water partition coefficient (Wildman–Crippen LogP) is 1.72. The van der Waals surface area contributed by atoms with Crippen LogP contribution in [0, 0.1) is 0 Å². The first-order valence-electron chi connectivity index (χ1n) is 4.87. The zero-order valence-corrected chi connectivity index (χ0v) is 8.52. The molecule has 1 saturated carbocycles. The monoisotopic (exact) mass is 196 g/mol. The Balaban J connectivity index is 1.79. The minimum Gasteiger partial charge on any atom is -0.326 e. The van der Waals surface area contributed by atoms with E-state index >= 15 is 0 Å². The summed E-state index contributed by atoms with van der Waals surface area (Å²) >= 11 is 1.80. The van der Waals surface area contributed by atoms with Crippen molar-refractivity contribution in [3.05, 3.63) is 22.4 Å². The van der Waals surface area contributed by atoms with Gasteiger partial charge in [0.2, 0.25) is 0 Å². The molecular weight excluding hydrogens is 180 g/mol. The van der Waals surface area contributed by atoms with Crippen LogP contribution in [0.3, 0.4) is 0 Å². The minimum absolute atomic E-state index is 0.375. The van der Waals surface area contributed by atoms with Gasteiger partial charge >= 0.3 is 0 Å². The van der Waals surface area contributed by atoms with Crippen LogP contribution >= 0.6 is 11.3 Å². The Morgan fingerprint density at radius 3 is 3.08 bits per heavy atom. The van der Waals surface area contributed by atoms with Crippen molar-refractivity contribution in [2.24, 2.45) is 5.73 Å². The van der Waals surface area contributed by atoms with Gasteiger partial charge in [-0.3, -0.25) is 0 Å². The van der Waals surface area contributed by atoms with Gasteiger partial charge in [-0.25, -0.2) is 0 Å². The van der Waals surface area contributed by atoms with E-state index in [0.29, 0.717) is 12.1 Å². The van der Waals surface area contributed by atoms with E-state index in [1.807, 2.05) is 0 Å². The molecule has 3 heteroatoms. The number of rotatable bonds is 3. The van der Waals surface area contributed by atoms with Gasteiger partial charge in [-0.2, -0.15) is 0 Å². The van der Waals surface area contributed by atoms with Crippen molar-refractivity contribution in [3.63, 3.8) is 0 Å². The van der Waals surface area contributed by atoms with E-state index in [2.05, 4.69) is 22.8 Å². The SMILES string of the molecule is NC1CCCC1NCc1cccs1. The van der Waals surface area contributed by atoms with Crippen molar-refractivity contribution in [2.45, 2.75) is 37.9 Å². The summed E-state index contributed by atoms with van der Waals surface area (Å²) in [4.78, 5) is 1.40. The molecule has 1 aliphatic rings. The zero-order chi connectivity index (χ0) is 9.10. The number of hydrogen-bond acceptors (Lipinski definition) is 3. The second-order valence-electron chi connectivity index (χ2n) is 3.66. The molecule has 0 bridgehead atoms. The highest BCUT2D eigenvalue weighted by Crippen LogP contribution is 2.18. The Bertz CT molecular complexity index is 245. The fourth-order valence-electron chi connectivity index (χ4n) is 1.89. The number of thiophene rings is 1. The first-order chi connectivity index (χ1) is 6.36. The molecule has 0 aromatic carbocycles. The summed E-state index contributed by atoms with van der Waals surface area (Å²) in [5, 5.41) is 5.64. The first-order valence-corrected chi connectivity index (χ1v) is 5.75. The molecule has 2 unspecified atom stereocenters. The lowest BCUT2D eigenvalue weighted by Gasteiger charge is -2.16. The molecule has 1 aromatic rings. The third-order valence-corrected chi connectivity index (χ3v) is 3.56. The molecule has 1 aromatic heterocycles. The lowest BCUT2D eigenvalue weighted by molar-refractivity contribution is 0.477. The average molecular weight is 196 g/mol. The maximum absolute atomic E-state index is 5.96. The van der Waals surface area contributed by atoms with E-state index in [1.165, 1.54) is 24.1 Å². The highest BCUT2D eigenvalue weighted by Gasteiger charge is 2.22. The fraction of sp³-hybridized carbons (Fsp3) is 0.600. The Labute approximate surface area is 83.1 Å². The summed E-state index contributed by atoms with van der Waals surface area (Å²) in [5.74, 6) is 0. The lowest BCUT2D eigenvalue weighted by Crippen LogP contribution is -2.40. The van der Waals surface area contributed by atoms with Crippen molar-refractivity contribution in [2.75, 3.05) is 0 Å². The molecule has 2 rings (SSSR count). The van der Waals surface area contributed by atoms with Crippen LogP contribution in [0.15, 0.2) is 17.5 Å². The van der Waals surface area contributed by atoms with E-state index in [-0.39, 0.29) is 0 Å². The largest absolute Gasteiger partial charge is 0.326 e. The maximum atomic E-state index is 5.96. The normalized spacial score (nSPS) is 28.1. The van der Waals surface area contributed by atoms with Gasteiger partial charge in [0.1, 0.15) is 0 Å². The lowest BCUT2D eigenvalue weighted by atomic mass is 10.2. The van der Waals surface area contributed by atoms with Crippen LogP contribution in [-0.2, 0) is 6.54 Å². The highest BCUT2D eigenvalue weighted by atomic mass is 32.1. The molecular formula is C10H16N2S. The molecule has 0 radical (unpaired) electrons. The number of nitrogens with one attached hydrogen (secondary N) is 1. The predicted molar refractivity (Wildman–Crippen MR) is 56.8 cm³/mol. The molecule has 0 amide bonds. The van der Waals surface area contributed by atoms with Gasteiger partial charge in [0, 0.05) is 23.5 Å². The minimum atomic E-state index is 0.375. The van der Waals surface area contributed by atoms with Crippen LogP contribution in [0.4, 0.5) is 0 Å². The number of nitrogens with two attached hydrogens (primary N) is 1. The van der Waals surface area contributed by atoms with Crippen molar-refractivity contribution >= 4 is 11.3 Å². The van der Waals surface area contributed by atoms with Gasteiger partial charge in [-0.05, 0) is 24.3 Å². The standard InChI is InChI=1S/C10H16N2S/c11-9-4-1-5-10(9)12-7-8-3-2-6-13-8/h2-3,6,9-10,12H,1,4-5,7,11H2. The van der Waals surface area contributed by atoms with E-state index in [1.54, 1.807) is 11.3 Å².